The summed E-state index contributed by atoms with van der Waals surface area (Å²) in [5.41, 5.74) is 1.25. The zero-order valence-electron chi connectivity index (χ0n) is 11.8. The smallest absolute Gasteiger partial charge is 0.347 e. The number of carboxylic acids is 1. The van der Waals surface area contributed by atoms with Gasteiger partial charge in [0.1, 0.15) is 15.7 Å². The average molecular weight is 293 g/mol. The Morgan fingerprint density at radius 3 is 2.45 bits per heavy atom. The number of nitrogens with zero attached hydrogens (tertiary/aromatic N) is 1. The van der Waals surface area contributed by atoms with Crippen LogP contribution in [0.1, 0.15) is 41.7 Å². The van der Waals surface area contributed by atoms with E-state index in [1.165, 1.54) is 6.07 Å². The van der Waals surface area contributed by atoms with Crippen LogP contribution in [0.5, 0.6) is 0 Å². The normalized spacial score (nSPS) is 11.7. The van der Waals surface area contributed by atoms with Crippen molar-refractivity contribution in [3.8, 4) is 10.6 Å². The van der Waals surface area contributed by atoms with Crippen LogP contribution in [0.4, 0.5) is 4.39 Å². The summed E-state index contributed by atoms with van der Waals surface area (Å²) < 4.78 is 14.0. The lowest BCUT2D eigenvalue weighted by molar-refractivity contribution is 0.0699. The van der Waals surface area contributed by atoms with Crippen molar-refractivity contribution < 1.29 is 14.3 Å². The monoisotopic (exact) mass is 293 g/mol. The molecule has 1 aromatic heterocycles. The quantitative estimate of drug-likeness (QED) is 0.900. The molecule has 0 spiro atoms. The van der Waals surface area contributed by atoms with Crippen LogP contribution in [0.25, 0.3) is 10.6 Å². The van der Waals surface area contributed by atoms with Crippen molar-refractivity contribution in [3.05, 3.63) is 40.2 Å². The second-order valence-corrected chi connectivity index (χ2v) is 6.73. The van der Waals surface area contributed by atoms with E-state index >= 15 is 0 Å². The van der Waals surface area contributed by atoms with Crippen molar-refractivity contribution in [2.45, 2.75) is 33.1 Å². The minimum Gasteiger partial charge on any atom is -0.477 e. The third-order valence-corrected chi connectivity index (χ3v) is 3.96. The number of hydrogen-bond acceptors (Lipinski definition) is 3. The van der Waals surface area contributed by atoms with Crippen LogP contribution in [-0.2, 0) is 5.41 Å². The molecule has 0 bridgehead atoms. The highest BCUT2D eigenvalue weighted by atomic mass is 32.1. The van der Waals surface area contributed by atoms with Gasteiger partial charge in [-0.3, -0.25) is 0 Å². The fourth-order valence-electron chi connectivity index (χ4n) is 1.88. The van der Waals surface area contributed by atoms with Gasteiger partial charge in [-0.15, -0.1) is 11.3 Å². The van der Waals surface area contributed by atoms with Crippen LogP contribution in [0.2, 0.25) is 0 Å². The first-order valence-electron chi connectivity index (χ1n) is 6.21. The highest BCUT2D eigenvalue weighted by molar-refractivity contribution is 7.17. The molecule has 0 unspecified atom stereocenters. The van der Waals surface area contributed by atoms with Gasteiger partial charge in [-0.05, 0) is 24.6 Å². The number of aromatic nitrogens is 1. The molecule has 0 aliphatic rings. The maximum absolute atomic E-state index is 14.0. The minimum atomic E-state index is -1.02. The summed E-state index contributed by atoms with van der Waals surface area (Å²) in [7, 11) is 0. The predicted octanol–water partition coefficient (Wildman–Crippen LogP) is 4.25. The van der Waals surface area contributed by atoms with Gasteiger partial charge in [0.15, 0.2) is 0 Å². The van der Waals surface area contributed by atoms with Crippen LogP contribution < -0.4 is 0 Å². The largest absolute Gasteiger partial charge is 0.477 e. The molecule has 0 saturated heterocycles. The van der Waals surface area contributed by atoms with Crippen molar-refractivity contribution in [3.63, 3.8) is 0 Å². The van der Waals surface area contributed by atoms with E-state index in [2.05, 4.69) is 4.98 Å². The lowest BCUT2D eigenvalue weighted by atomic mass is 9.91. The molecule has 3 nitrogen and oxygen atoms in total. The first-order chi connectivity index (χ1) is 9.20. The zero-order chi connectivity index (χ0) is 15.1. The molecular formula is C15H16FNO2S. The van der Waals surface area contributed by atoms with Crippen molar-refractivity contribution in [1.82, 2.24) is 4.98 Å². The third kappa shape index (κ3) is 2.72. The van der Waals surface area contributed by atoms with E-state index < -0.39 is 11.4 Å². The number of carboxylic acid groups (broad SMARTS) is 1. The Morgan fingerprint density at radius 2 is 2.00 bits per heavy atom. The molecule has 0 radical (unpaired) electrons. The van der Waals surface area contributed by atoms with Crippen molar-refractivity contribution in [2.24, 2.45) is 0 Å². The molecule has 20 heavy (non-hydrogen) atoms. The van der Waals surface area contributed by atoms with Gasteiger partial charge in [-0.1, -0.05) is 26.8 Å². The first kappa shape index (κ1) is 14.7. The molecule has 1 heterocycles. The van der Waals surface area contributed by atoms with Crippen LogP contribution in [0, 0.1) is 12.7 Å². The van der Waals surface area contributed by atoms with Crippen LogP contribution in [0.3, 0.4) is 0 Å². The topological polar surface area (TPSA) is 50.2 Å². The van der Waals surface area contributed by atoms with Crippen molar-refractivity contribution in [2.75, 3.05) is 0 Å². The lowest BCUT2D eigenvalue weighted by Gasteiger charge is -2.16. The zero-order valence-corrected chi connectivity index (χ0v) is 12.6. The highest BCUT2D eigenvalue weighted by Crippen LogP contribution is 2.35. The van der Waals surface area contributed by atoms with Gasteiger partial charge in [0.2, 0.25) is 0 Å². The number of thiazole rings is 1. The molecule has 106 valence electrons. The van der Waals surface area contributed by atoms with Gasteiger partial charge in [0.05, 0.1) is 5.69 Å². The number of carbonyl (C=O) groups is 1. The minimum absolute atomic E-state index is 0.174. The van der Waals surface area contributed by atoms with E-state index in [1.54, 1.807) is 19.1 Å². The molecule has 5 heteroatoms. The molecule has 0 aliphatic heterocycles. The molecular weight excluding hydrogens is 277 g/mol. The SMILES string of the molecule is Cc1ccc(-c2nc(C(C)(C)C)c(C(=O)O)s2)c(F)c1. The van der Waals surface area contributed by atoms with Gasteiger partial charge in [-0.25, -0.2) is 14.2 Å². The van der Waals surface area contributed by atoms with Crippen LogP contribution >= 0.6 is 11.3 Å². The summed E-state index contributed by atoms with van der Waals surface area (Å²) in [5, 5.41) is 9.69. The van der Waals surface area contributed by atoms with E-state index in [1.807, 2.05) is 20.8 Å². The summed E-state index contributed by atoms with van der Waals surface area (Å²) in [6, 6.07) is 4.85. The Hall–Kier alpha value is -1.75. The van der Waals surface area contributed by atoms with E-state index in [4.69, 9.17) is 0 Å². The maximum Gasteiger partial charge on any atom is 0.347 e. The summed E-state index contributed by atoms with van der Waals surface area (Å²) in [4.78, 5) is 15.9. The van der Waals surface area contributed by atoms with E-state index in [0.717, 1.165) is 16.9 Å². The van der Waals surface area contributed by atoms with Gasteiger partial charge in [-0.2, -0.15) is 0 Å². The van der Waals surface area contributed by atoms with Crippen molar-refractivity contribution >= 4 is 17.3 Å². The molecule has 0 aliphatic carbocycles. The van der Waals surface area contributed by atoms with Gasteiger partial charge < -0.3 is 5.11 Å². The summed E-state index contributed by atoms with van der Waals surface area (Å²) in [6.45, 7) is 7.48. The molecule has 0 fully saturated rings. The Bertz CT molecular complexity index is 671. The second kappa shape index (κ2) is 4.98. The molecule has 0 saturated carbocycles. The highest BCUT2D eigenvalue weighted by Gasteiger charge is 2.27. The van der Waals surface area contributed by atoms with Gasteiger partial charge in [0.25, 0.3) is 0 Å². The molecule has 2 rings (SSSR count). The fraction of sp³-hybridized carbons (Fsp3) is 0.333. The summed E-state index contributed by atoms with van der Waals surface area (Å²) in [5.74, 6) is -1.40. The van der Waals surface area contributed by atoms with Crippen LogP contribution in [0.15, 0.2) is 18.2 Å². The maximum atomic E-state index is 14.0. The molecule has 0 amide bonds. The fourth-order valence-corrected chi connectivity index (χ4v) is 3.02. The van der Waals surface area contributed by atoms with Crippen LogP contribution in [-0.4, -0.2) is 16.1 Å². The third-order valence-electron chi connectivity index (χ3n) is 2.89. The first-order valence-corrected chi connectivity index (χ1v) is 7.03. The summed E-state index contributed by atoms with van der Waals surface area (Å²) in [6.07, 6.45) is 0. The standard InChI is InChI=1S/C15H16FNO2S/c1-8-5-6-9(10(16)7-8)13-17-12(15(2,3)4)11(20-13)14(18)19/h5-7H,1-4H3,(H,18,19). The number of halogens is 1. The van der Waals surface area contributed by atoms with E-state index in [0.29, 0.717) is 16.3 Å². The average Bonchev–Trinajstić information content (AvgIpc) is 2.73. The predicted molar refractivity (Wildman–Crippen MR) is 77.9 cm³/mol. The van der Waals surface area contributed by atoms with Crippen molar-refractivity contribution in [1.29, 1.82) is 0 Å². The Morgan fingerprint density at radius 1 is 1.35 bits per heavy atom. The number of aryl methyl sites for hydroxylation is 1. The van der Waals surface area contributed by atoms with Gasteiger partial charge >= 0.3 is 5.97 Å². The number of hydrogen-bond donors (Lipinski definition) is 1. The number of aromatic carboxylic acids is 1. The molecule has 0 atom stereocenters. The van der Waals surface area contributed by atoms with E-state index in [9.17, 15) is 14.3 Å². The number of rotatable bonds is 2. The Kier molecular flexibility index (Phi) is 3.65. The Labute approximate surface area is 121 Å². The van der Waals surface area contributed by atoms with E-state index in [-0.39, 0.29) is 10.7 Å². The molecule has 1 aromatic carbocycles. The lowest BCUT2D eigenvalue weighted by Crippen LogP contribution is -2.16. The van der Waals surface area contributed by atoms with Gasteiger partial charge in [0, 0.05) is 11.0 Å². The second-order valence-electron chi connectivity index (χ2n) is 5.74. The summed E-state index contributed by atoms with van der Waals surface area (Å²) >= 11 is 1.02. The molecule has 1 N–H and O–H groups in total. The Balaban J connectivity index is 2.62. The number of benzene rings is 1. The molecule has 2 aromatic rings.